The third-order valence-electron chi connectivity index (χ3n) is 4.03. The first-order chi connectivity index (χ1) is 12.0. The molecule has 6 nitrogen and oxygen atoms in total. The summed E-state index contributed by atoms with van der Waals surface area (Å²) in [5.74, 6) is 2.22. The summed E-state index contributed by atoms with van der Waals surface area (Å²) in [6.07, 6.45) is -1.59. The Hall–Kier alpha value is -2.44. The van der Waals surface area contributed by atoms with Crippen molar-refractivity contribution in [1.82, 2.24) is 0 Å². The fourth-order valence-corrected chi connectivity index (χ4v) is 2.60. The second kappa shape index (κ2) is 8.60. The highest BCUT2D eigenvalue weighted by Gasteiger charge is 2.18. The zero-order chi connectivity index (χ0) is 18.4. The fraction of sp³-hybridized carbons (Fsp3) is 0.368. The monoisotopic (exact) mass is 348 g/mol. The van der Waals surface area contributed by atoms with Gasteiger partial charge in [0.05, 0.1) is 40.6 Å². The molecule has 2 atom stereocenters. The predicted molar refractivity (Wildman–Crippen MR) is 93.6 cm³/mol. The molecule has 2 N–H and O–H groups in total. The van der Waals surface area contributed by atoms with Crippen molar-refractivity contribution in [2.24, 2.45) is 0 Å². The first-order valence-corrected chi connectivity index (χ1v) is 7.84. The SMILES string of the molecule is COc1ccc(C(O)CC(O)c2ccc(OC)c(OC)c2)cc1OC. The lowest BCUT2D eigenvalue weighted by Gasteiger charge is -2.19. The molecule has 0 spiro atoms. The van der Waals surface area contributed by atoms with Gasteiger partial charge in [0.15, 0.2) is 23.0 Å². The molecule has 0 saturated heterocycles. The molecule has 2 unspecified atom stereocenters. The predicted octanol–water partition coefficient (Wildman–Crippen LogP) is 2.88. The second-order valence-corrected chi connectivity index (χ2v) is 5.50. The minimum atomic E-state index is -0.858. The van der Waals surface area contributed by atoms with Gasteiger partial charge in [0, 0.05) is 6.42 Å². The van der Waals surface area contributed by atoms with Gasteiger partial charge in [0.2, 0.25) is 0 Å². The maximum absolute atomic E-state index is 10.5. The number of methoxy groups -OCH3 is 4. The molecule has 2 aromatic rings. The normalized spacial score (nSPS) is 13.0. The molecule has 0 radical (unpaired) electrons. The lowest BCUT2D eigenvalue weighted by Crippen LogP contribution is -2.07. The molecule has 6 heteroatoms. The number of aliphatic hydroxyl groups excluding tert-OH is 2. The van der Waals surface area contributed by atoms with E-state index in [4.69, 9.17) is 18.9 Å². The van der Waals surface area contributed by atoms with Gasteiger partial charge in [-0.15, -0.1) is 0 Å². The Kier molecular flexibility index (Phi) is 6.50. The highest BCUT2D eigenvalue weighted by atomic mass is 16.5. The van der Waals surface area contributed by atoms with Crippen LogP contribution in [0.2, 0.25) is 0 Å². The Morgan fingerprint density at radius 2 is 1.00 bits per heavy atom. The summed E-state index contributed by atoms with van der Waals surface area (Å²) in [6.45, 7) is 0. The number of benzene rings is 2. The van der Waals surface area contributed by atoms with Crippen LogP contribution in [0, 0.1) is 0 Å². The van der Waals surface area contributed by atoms with E-state index in [0.29, 0.717) is 34.1 Å². The molecule has 0 aromatic heterocycles. The third kappa shape index (κ3) is 4.35. The van der Waals surface area contributed by atoms with E-state index in [1.807, 2.05) is 0 Å². The number of ether oxygens (including phenoxy) is 4. The molecule has 0 bridgehead atoms. The highest BCUT2D eigenvalue weighted by Crippen LogP contribution is 2.35. The van der Waals surface area contributed by atoms with Gasteiger partial charge in [-0.05, 0) is 35.4 Å². The van der Waals surface area contributed by atoms with Crippen molar-refractivity contribution >= 4 is 0 Å². The largest absolute Gasteiger partial charge is 0.493 e. The molecule has 0 aliphatic rings. The molecule has 25 heavy (non-hydrogen) atoms. The van der Waals surface area contributed by atoms with E-state index in [1.54, 1.807) is 50.6 Å². The van der Waals surface area contributed by atoms with Gasteiger partial charge in [0.25, 0.3) is 0 Å². The molecular weight excluding hydrogens is 324 g/mol. The average Bonchev–Trinajstić information content (AvgIpc) is 2.66. The second-order valence-electron chi connectivity index (χ2n) is 5.50. The maximum Gasteiger partial charge on any atom is 0.161 e. The van der Waals surface area contributed by atoms with Gasteiger partial charge in [-0.2, -0.15) is 0 Å². The molecule has 0 saturated carbocycles. The van der Waals surface area contributed by atoms with Crippen molar-refractivity contribution in [3.05, 3.63) is 47.5 Å². The van der Waals surface area contributed by atoms with Crippen LogP contribution in [0.5, 0.6) is 23.0 Å². The van der Waals surface area contributed by atoms with Crippen LogP contribution in [0.1, 0.15) is 29.8 Å². The van der Waals surface area contributed by atoms with Crippen molar-refractivity contribution in [3.8, 4) is 23.0 Å². The van der Waals surface area contributed by atoms with Crippen LogP contribution < -0.4 is 18.9 Å². The topological polar surface area (TPSA) is 77.4 Å². The molecule has 2 aromatic carbocycles. The minimum absolute atomic E-state index is 0.130. The van der Waals surface area contributed by atoms with Crippen LogP contribution in [0.25, 0.3) is 0 Å². The number of aliphatic hydroxyl groups is 2. The summed E-state index contributed by atoms with van der Waals surface area (Å²) in [5.41, 5.74) is 1.27. The Balaban J connectivity index is 2.15. The Bertz CT molecular complexity index is 641. The molecular formula is C19H24O6. The van der Waals surface area contributed by atoms with E-state index < -0.39 is 12.2 Å². The molecule has 0 heterocycles. The Morgan fingerprint density at radius 1 is 0.640 bits per heavy atom. The van der Waals surface area contributed by atoms with Gasteiger partial charge in [0.1, 0.15) is 0 Å². The van der Waals surface area contributed by atoms with Crippen LogP contribution >= 0.6 is 0 Å². The van der Waals surface area contributed by atoms with E-state index in [2.05, 4.69) is 0 Å². The van der Waals surface area contributed by atoms with Gasteiger partial charge >= 0.3 is 0 Å². The first kappa shape index (κ1) is 18.9. The summed E-state index contributed by atoms with van der Waals surface area (Å²) >= 11 is 0. The number of hydrogen-bond donors (Lipinski definition) is 2. The van der Waals surface area contributed by atoms with Crippen molar-refractivity contribution < 1.29 is 29.2 Å². The molecule has 136 valence electrons. The fourth-order valence-electron chi connectivity index (χ4n) is 2.60. The maximum atomic E-state index is 10.5. The smallest absolute Gasteiger partial charge is 0.161 e. The van der Waals surface area contributed by atoms with Crippen LogP contribution in [0.15, 0.2) is 36.4 Å². The molecule has 0 fully saturated rings. The molecule has 0 aliphatic heterocycles. The van der Waals surface area contributed by atoms with E-state index in [9.17, 15) is 10.2 Å². The van der Waals surface area contributed by atoms with Gasteiger partial charge in [-0.25, -0.2) is 0 Å². The molecule has 2 rings (SSSR count). The van der Waals surface area contributed by atoms with Crippen LogP contribution in [0.4, 0.5) is 0 Å². The van der Waals surface area contributed by atoms with Crippen LogP contribution in [0.3, 0.4) is 0 Å². The van der Waals surface area contributed by atoms with E-state index >= 15 is 0 Å². The number of rotatable bonds is 8. The summed E-state index contributed by atoms with van der Waals surface area (Å²) in [4.78, 5) is 0. The molecule has 0 aliphatic carbocycles. The van der Waals surface area contributed by atoms with E-state index in [0.717, 1.165) is 0 Å². The van der Waals surface area contributed by atoms with Crippen LogP contribution in [-0.4, -0.2) is 38.7 Å². The van der Waals surface area contributed by atoms with Gasteiger partial charge in [-0.1, -0.05) is 12.1 Å². The summed E-state index contributed by atoms with van der Waals surface area (Å²) in [7, 11) is 6.17. The molecule has 0 amide bonds. The lowest BCUT2D eigenvalue weighted by atomic mass is 9.98. The van der Waals surface area contributed by atoms with Gasteiger partial charge in [-0.3, -0.25) is 0 Å². The average molecular weight is 348 g/mol. The van der Waals surface area contributed by atoms with Crippen molar-refractivity contribution in [2.75, 3.05) is 28.4 Å². The quantitative estimate of drug-likeness (QED) is 0.764. The van der Waals surface area contributed by atoms with Crippen LogP contribution in [-0.2, 0) is 0 Å². The summed E-state index contributed by atoms with van der Waals surface area (Å²) in [6, 6.07) is 10.3. The van der Waals surface area contributed by atoms with E-state index in [1.165, 1.54) is 14.2 Å². The Labute approximate surface area is 147 Å². The highest BCUT2D eigenvalue weighted by molar-refractivity contribution is 5.45. The van der Waals surface area contributed by atoms with Crippen molar-refractivity contribution in [3.63, 3.8) is 0 Å². The van der Waals surface area contributed by atoms with E-state index in [-0.39, 0.29) is 6.42 Å². The summed E-state index contributed by atoms with van der Waals surface area (Å²) in [5, 5.41) is 20.9. The van der Waals surface area contributed by atoms with Crippen molar-refractivity contribution in [2.45, 2.75) is 18.6 Å². The number of hydrogen-bond acceptors (Lipinski definition) is 6. The minimum Gasteiger partial charge on any atom is -0.493 e. The van der Waals surface area contributed by atoms with Crippen molar-refractivity contribution in [1.29, 1.82) is 0 Å². The standard InChI is InChI=1S/C19H24O6/c1-22-16-7-5-12(9-18(16)24-3)14(20)11-15(21)13-6-8-17(23-2)19(10-13)25-4/h5-10,14-15,20-21H,11H2,1-4H3. The first-order valence-electron chi connectivity index (χ1n) is 7.84. The summed E-state index contributed by atoms with van der Waals surface area (Å²) < 4.78 is 20.9. The lowest BCUT2D eigenvalue weighted by molar-refractivity contribution is 0.0800. The van der Waals surface area contributed by atoms with Gasteiger partial charge < -0.3 is 29.2 Å². The zero-order valence-corrected chi connectivity index (χ0v) is 14.9. The Morgan fingerprint density at radius 3 is 1.32 bits per heavy atom. The third-order valence-corrected chi connectivity index (χ3v) is 4.03. The zero-order valence-electron chi connectivity index (χ0n) is 14.9.